The molecule has 2 N–H and O–H groups in total. The van der Waals surface area contributed by atoms with E-state index in [0.29, 0.717) is 17.9 Å². The molecule has 0 spiro atoms. The summed E-state index contributed by atoms with van der Waals surface area (Å²) in [6, 6.07) is 6.19. The Morgan fingerprint density at radius 2 is 2.25 bits per heavy atom. The maximum Gasteiger partial charge on any atom is 0.269 e. The van der Waals surface area contributed by atoms with E-state index >= 15 is 0 Å². The minimum atomic E-state index is -1.08. The molecule has 0 radical (unpaired) electrons. The molecule has 5 nitrogen and oxygen atoms in total. The molecule has 1 rings (SSSR count). The molecular weight excluding hydrogens is 228 g/mol. The Labute approximate surface area is 96.3 Å². The SMILES string of the molecule is CC(CN)S(=O)Cc1cccc([N+](=O)[O-])c1. The molecule has 2 atom stereocenters. The summed E-state index contributed by atoms with van der Waals surface area (Å²) in [7, 11) is -1.08. The van der Waals surface area contributed by atoms with E-state index in [1.54, 1.807) is 19.1 Å². The predicted octanol–water partition coefficient (Wildman–Crippen LogP) is 1.19. The predicted molar refractivity (Wildman–Crippen MR) is 63.5 cm³/mol. The second-order valence-corrected chi connectivity index (χ2v) is 5.35. The summed E-state index contributed by atoms with van der Waals surface area (Å²) < 4.78 is 11.7. The summed E-state index contributed by atoms with van der Waals surface area (Å²) >= 11 is 0. The zero-order valence-corrected chi connectivity index (χ0v) is 9.78. The van der Waals surface area contributed by atoms with E-state index in [9.17, 15) is 14.3 Å². The van der Waals surface area contributed by atoms with Crippen molar-refractivity contribution in [1.82, 2.24) is 0 Å². The number of non-ortho nitro benzene ring substituents is 1. The molecule has 0 amide bonds. The van der Waals surface area contributed by atoms with E-state index < -0.39 is 15.7 Å². The highest BCUT2D eigenvalue weighted by molar-refractivity contribution is 7.84. The molecule has 0 aromatic heterocycles. The van der Waals surface area contributed by atoms with Crippen LogP contribution >= 0.6 is 0 Å². The van der Waals surface area contributed by atoms with Crippen LogP contribution < -0.4 is 5.73 Å². The fourth-order valence-electron chi connectivity index (χ4n) is 1.17. The Kier molecular flexibility index (Phi) is 4.57. The standard InChI is InChI=1S/C10H14N2O3S/c1-8(6-11)16(15)7-9-3-2-4-10(5-9)12(13)14/h2-5,8H,6-7,11H2,1H3. The van der Waals surface area contributed by atoms with Crippen molar-refractivity contribution in [1.29, 1.82) is 0 Å². The normalized spacial score (nSPS) is 14.4. The highest BCUT2D eigenvalue weighted by atomic mass is 32.2. The van der Waals surface area contributed by atoms with Crippen LogP contribution in [0.4, 0.5) is 5.69 Å². The van der Waals surface area contributed by atoms with Crippen molar-refractivity contribution in [3.63, 3.8) is 0 Å². The molecule has 0 heterocycles. The molecule has 0 fully saturated rings. The van der Waals surface area contributed by atoms with Gasteiger partial charge in [0.25, 0.3) is 5.69 Å². The first-order chi connectivity index (χ1) is 7.54. The van der Waals surface area contributed by atoms with E-state index in [-0.39, 0.29) is 10.9 Å². The Balaban J connectivity index is 2.78. The molecule has 88 valence electrons. The molecule has 2 unspecified atom stereocenters. The van der Waals surface area contributed by atoms with E-state index in [0.717, 1.165) is 0 Å². The molecular formula is C10H14N2O3S. The third kappa shape index (κ3) is 3.39. The van der Waals surface area contributed by atoms with E-state index in [1.165, 1.54) is 12.1 Å². The fraction of sp³-hybridized carbons (Fsp3) is 0.400. The molecule has 0 aliphatic heterocycles. The van der Waals surface area contributed by atoms with Gasteiger partial charge in [-0.15, -0.1) is 0 Å². The van der Waals surface area contributed by atoms with Gasteiger partial charge >= 0.3 is 0 Å². The topological polar surface area (TPSA) is 86.2 Å². The van der Waals surface area contributed by atoms with Crippen LogP contribution in [0.25, 0.3) is 0 Å². The van der Waals surface area contributed by atoms with Crippen LogP contribution in [-0.2, 0) is 16.6 Å². The summed E-state index contributed by atoms with van der Waals surface area (Å²) in [6.45, 7) is 2.15. The van der Waals surface area contributed by atoms with Gasteiger partial charge in [-0.3, -0.25) is 14.3 Å². The molecule has 1 aromatic rings. The zero-order chi connectivity index (χ0) is 12.1. The lowest BCUT2D eigenvalue weighted by Crippen LogP contribution is -2.22. The first-order valence-corrected chi connectivity index (χ1v) is 6.23. The maximum absolute atomic E-state index is 11.7. The van der Waals surface area contributed by atoms with Gasteiger partial charge in [-0.25, -0.2) is 0 Å². The van der Waals surface area contributed by atoms with Gasteiger partial charge in [-0.05, 0) is 12.5 Å². The number of nitro groups is 1. The highest BCUT2D eigenvalue weighted by Gasteiger charge is 2.12. The minimum absolute atomic E-state index is 0.0231. The van der Waals surface area contributed by atoms with Crippen LogP contribution in [0.1, 0.15) is 12.5 Å². The number of rotatable bonds is 5. The average molecular weight is 242 g/mol. The Bertz CT molecular complexity index is 409. The summed E-state index contributed by atoms with van der Waals surface area (Å²) in [4.78, 5) is 10.1. The third-order valence-electron chi connectivity index (χ3n) is 2.21. The first-order valence-electron chi connectivity index (χ1n) is 4.85. The van der Waals surface area contributed by atoms with Crippen LogP contribution in [0, 0.1) is 10.1 Å². The molecule has 0 saturated carbocycles. The van der Waals surface area contributed by atoms with Crippen molar-refractivity contribution >= 4 is 16.5 Å². The molecule has 6 heteroatoms. The summed E-state index contributed by atoms with van der Waals surface area (Å²) in [5, 5.41) is 10.4. The number of nitrogens with two attached hydrogens (primary N) is 1. The monoisotopic (exact) mass is 242 g/mol. The minimum Gasteiger partial charge on any atom is -0.329 e. The van der Waals surface area contributed by atoms with E-state index in [1.807, 2.05) is 0 Å². The van der Waals surface area contributed by atoms with Gasteiger partial charge in [0.2, 0.25) is 0 Å². The number of hydrogen-bond acceptors (Lipinski definition) is 4. The fourth-order valence-corrected chi connectivity index (χ4v) is 2.18. The number of nitrogens with zero attached hydrogens (tertiary/aromatic N) is 1. The molecule has 0 aliphatic rings. The smallest absolute Gasteiger partial charge is 0.269 e. The first kappa shape index (κ1) is 12.8. The van der Waals surface area contributed by atoms with Gasteiger partial charge in [-0.2, -0.15) is 0 Å². The van der Waals surface area contributed by atoms with Gasteiger partial charge in [0.05, 0.1) is 4.92 Å². The molecule has 0 bridgehead atoms. The number of benzene rings is 1. The van der Waals surface area contributed by atoms with E-state index in [2.05, 4.69) is 0 Å². The average Bonchev–Trinajstić information content (AvgIpc) is 2.28. The van der Waals surface area contributed by atoms with Crippen LogP contribution in [0.2, 0.25) is 0 Å². The lowest BCUT2D eigenvalue weighted by molar-refractivity contribution is -0.384. The summed E-state index contributed by atoms with van der Waals surface area (Å²) in [5.41, 5.74) is 6.13. The largest absolute Gasteiger partial charge is 0.329 e. The molecule has 1 aromatic carbocycles. The van der Waals surface area contributed by atoms with Crippen molar-refractivity contribution < 1.29 is 9.13 Å². The van der Waals surface area contributed by atoms with Crippen LogP contribution in [0.5, 0.6) is 0 Å². The molecule has 0 saturated heterocycles. The van der Waals surface area contributed by atoms with Gasteiger partial charge < -0.3 is 5.73 Å². The Morgan fingerprint density at radius 3 is 2.81 bits per heavy atom. The Morgan fingerprint density at radius 1 is 1.56 bits per heavy atom. The summed E-state index contributed by atoms with van der Waals surface area (Å²) in [6.07, 6.45) is 0. The molecule has 0 aliphatic carbocycles. The number of hydrogen-bond donors (Lipinski definition) is 1. The quantitative estimate of drug-likeness (QED) is 0.620. The van der Waals surface area contributed by atoms with Crippen molar-refractivity contribution in [2.24, 2.45) is 5.73 Å². The highest BCUT2D eigenvalue weighted by Crippen LogP contribution is 2.15. The molecule has 16 heavy (non-hydrogen) atoms. The van der Waals surface area contributed by atoms with Gasteiger partial charge in [-0.1, -0.05) is 12.1 Å². The van der Waals surface area contributed by atoms with Crippen LogP contribution in [0.3, 0.4) is 0 Å². The van der Waals surface area contributed by atoms with Crippen molar-refractivity contribution in [3.05, 3.63) is 39.9 Å². The van der Waals surface area contributed by atoms with Crippen LogP contribution in [0.15, 0.2) is 24.3 Å². The zero-order valence-electron chi connectivity index (χ0n) is 8.96. The third-order valence-corrected chi connectivity index (χ3v) is 3.92. The van der Waals surface area contributed by atoms with Crippen molar-refractivity contribution in [2.75, 3.05) is 6.54 Å². The van der Waals surface area contributed by atoms with E-state index in [4.69, 9.17) is 5.73 Å². The lowest BCUT2D eigenvalue weighted by Gasteiger charge is -2.08. The second kappa shape index (κ2) is 5.72. The maximum atomic E-state index is 11.7. The van der Waals surface area contributed by atoms with Crippen LogP contribution in [-0.4, -0.2) is 20.9 Å². The second-order valence-electron chi connectivity index (χ2n) is 3.50. The Hall–Kier alpha value is -1.27. The lowest BCUT2D eigenvalue weighted by atomic mass is 10.2. The van der Waals surface area contributed by atoms with Crippen molar-refractivity contribution in [2.45, 2.75) is 17.9 Å². The van der Waals surface area contributed by atoms with Gasteiger partial charge in [0, 0.05) is 40.5 Å². The number of nitro benzene ring substituents is 1. The summed E-state index contributed by atoms with van der Waals surface area (Å²) in [5.74, 6) is 0.306. The van der Waals surface area contributed by atoms with Gasteiger partial charge in [0.15, 0.2) is 0 Å². The van der Waals surface area contributed by atoms with Gasteiger partial charge in [0.1, 0.15) is 0 Å². The van der Waals surface area contributed by atoms with Crippen molar-refractivity contribution in [3.8, 4) is 0 Å².